The van der Waals surface area contributed by atoms with E-state index in [0.717, 1.165) is 29.6 Å². The van der Waals surface area contributed by atoms with E-state index in [1.807, 2.05) is 0 Å². The smallest absolute Gasteiger partial charge is 0.0338 e. The van der Waals surface area contributed by atoms with Crippen molar-refractivity contribution in [1.82, 2.24) is 0 Å². The van der Waals surface area contributed by atoms with Crippen molar-refractivity contribution in [3.63, 3.8) is 0 Å². The van der Waals surface area contributed by atoms with Crippen molar-refractivity contribution in [2.24, 2.45) is 29.6 Å². The largest absolute Gasteiger partial charge is 0.123 e. The minimum absolute atomic E-state index is 0.499. The maximum absolute atomic E-state index is 6.38. The molecule has 3 fully saturated rings. The third-order valence-electron chi connectivity index (χ3n) is 6.28. The highest BCUT2D eigenvalue weighted by Gasteiger charge is 2.43. The lowest BCUT2D eigenvalue weighted by Gasteiger charge is -2.50. The van der Waals surface area contributed by atoms with Gasteiger partial charge in [0.05, 0.1) is 0 Å². The van der Waals surface area contributed by atoms with E-state index in [9.17, 15) is 0 Å². The average Bonchev–Trinajstić information content (AvgIpc) is 2.38. The molecule has 0 nitrogen and oxygen atoms in total. The summed E-state index contributed by atoms with van der Waals surface area (Å²) >= 11 is 6.38. The lowest BCUT2D eigenvalue weighted by molar-refractivity contribution is 0.0113. The Labute approximate surface area is 118 Å². The van der Waals surface area contributed by atoms with Gasteiger partial charge in [-0.25, -0.2) is 0 Å². The second-order valence-electron chi connectivity index (χ2n) is 7.30. The molecule has 0 aromatic rings. The van der Waals surface area contributed by atoms with Crippen molar-refractivity contribution in [3.05, 3.63) is 0 Å². The molecule has 104 valence electrons. The van der Waals surface area contributed by atoms with Crippen molar-refractivity contribution >= 4 is 11.6 Å². The first-order valence-electron chi connectivity index (χ1n) is 8.42. The van der Waals surface area contributed by atoms with E-state index >= 15 is 0 Å². The lowest BCUT2D eigenvalue weighted by atomic mass is 9.56. The van der Waals surface area contributed by atoms with Crippen molar-refractivity contribution in [1.29, 1.82) is 0 Å². The molecule has 0 saturated heterocycles. The van der Waals surface area contributed by atoms with Crippen LogP contribution in [0.2, 0.25) is 0 Å². The minimum Gasteiger partial charge on any atom is -0.123 e. The predicted molar refractivity (Wildman–Crippen MR) is 78.9 cm³/mol. The van der Waals surface area contributed by atoms with Gasteiger partial charge in [-0.1, -0.05) is 26.2 Å². The quantitative estimate of drug-likeness (QED) is 0.569. The molecule has 0 heterocycles. The number of alkyl halides is 1. The van der Waals surface area contributed by atoms with E-state index in [0.29, 0.717) is 5.38 Å². The fraction of sp³-hybridized carbons (Fsp3) is 1.00. The monoisotopic (exact) mass is 268 g/mol. The number of rotatable bonds is 2. The normalized spacial score (nSPS) is 48.3. The molecule has 3 rings (SSSR count). The molecule has 1 heteroatoms. The summed E-state index contributed by atoms with van der Waals surface area (Å²) in [6, 6.07) is 0. The second kappa shape index (κ2) is 5.73. The highest BCUT2D eigenvalue weighted by molar-refractivity contribution is 6.20. The Balaban J connectivity index is 1.63. The maximum atomic E-state index is 6.38. The van der Waals surface area contributed by atoms with E-state index in [1.165, 1.54) is 51.4 Å². The number of hydrogen-bond donors (Lipinski definition) is 0. The zero-order chi connectivity index (χ0) is 12.5. The van der Waals surface area contributed by atoms with Crippen LogP contribution in [0.4, 0.5) is 0 Å². The van der Waals surface area contributed by atoms with E-state index in [1.54, 1.807) is 12.8 Å². The zero-order valence-corrected chi connectivity index (χ0v) is 12.7. The molecule has 0 spiro atoms. The van der Waals surface area contributed by atoms with Crippen molar-refractivity contribution in [2.75, 3.05) is 0 Å². The topological polar surface area (TPSA) is 0 Å². The second-order valence-corrected chi connectivity index (χ2v) is 7.92. The van der Waals surface area contributed by atoms with Crippen LogP contribution in [0.15, 0.2) is 0 Å². The molecular weight excluding hydrogens is 240 g/mol. The Morgan fingerprint density at radius 3 is 2.22 bits per heavy atom. The summed E-state index contributed by atoms with van der Waals surface area (Å²) in [4.78, 5) is 0. The Bertz CT molecular complexity index is 275. The highest BCUT2D eigenvalue weighted by Crippen LogP contribution is 2.53. The third-order valence-corrected chi connectivity index (χ3v) is 6.68. The molecule has 6 atom stereocenters. The molecule has 0 aromatic heterocycles. The Kier molecular flexibility index (Phi) is 4.23. The summed E-state index contributed by atoms with van der Waals surface area (Å²) < 4.78 is 0. The van der Waals surface area contributed by atoms with Gasteiger partial charge in [-0.2, -0.15) is 0 Å². The van der Waals surface area contributed by atoms with Gasteiger partial charge in [0.1, 0.15) is 0 Å². The molecule has 0 amide bonds. The summed E-state index contributed by atoms with van der Waals surface area (Å²) in [5, 5.41) is 0.499. The molecule has 3 aliphatic rings. The van der Waals surface area contributed by atoms with Crippen LogP contribution in [0.25, 0.3) is 0 Å². The molecule has 0 aliphatic heterocycles. The van der Waals surface area contributed by atoms with Gasteiger partial charge in [-0.15, -0.1) is 11.6 Å². The number of fused-ring (bicyclic) bond motifs is 3. The molecule has 3 saturated carbocycles. The third kappa shape index (κ3) is 2.60. The summed E-state index contributed by atoms with van der Waals surface area (Å²) in [6.07, 6.45) is 14.6. The molecule has 0 aromatic carbocycles. The first-order chi connectivity index (χ1) is 8.78. The highest BCUT2D eigenvalue weighted by atomic mass is 35.5. The van der Waals surface area contributed by atoms with Gasteiger partial charge in [0.15, 0.2) is 0 Å². The Morgan fingerprint density at radius 1 is 0.833 bits per heavy atom. The van der Waals surface area contributed by atoms with Crippen LogP contribution >= 0.6 is 11.6 Å². The van der Waals surface area contributed by atoms with Crippen LogP contribution in [0.3, 0.4) is 0 Å². The molecule has 3 aliphatic carbocycles. The van der Waals surface area contributed by atoms with Crippen LogP contribution in [0, 0.1) is 29.6 Å². The van der Waals surface area contributed by atoms with Crippen LogP contribution in [-0.4, -0.2) is 5.38 Å². The van der Waals surface area contributed by atoms with E-state index in [4.69, 9.17) is 11.6 Å². The molecule has 0 bridgehead atoms. The van der Waals surface area contributed by atoms with Crippen molar-refractivity contribution < 1.29 is 0 Å². The zero-order valence-electron chi connectivity index (χ0n) is 11.9. The molecular formula is C17H29Cl. The van der Waals surface area contributed by atoms with Crippen LogP contribution in [0.5, 0.6) is 0 Å². The molecule has 18 heavy (non-hydrogen) atoms. The van der Waals surface area contributed by atoms with E-state index < -0.39 is 0 Å². The van der Waals surface area contributed by atoms with Gasteiger partial charge in [0, 0.05) is 5.38 Å². The summed E-state index contributed by atoms with van der Waals surface area (Å²) in [7, 11) is 0. The average molecular weight is 269 g/mol. The summed E-state index contributed by atoms with van der Waals surface area (Å²) in [5.41, 5.74) is 0. The van der Waals surface area contributed by atoms with E-state index in [2.05, 4.69) is 6.92 Å². The lowest BCUT2D eigenvalue weighted by Crippen LogP contribution is -2.41. The van der Waals surface area contributed by atoms with Gasteiger partial charge in [-0.3, -0.25) is 0 Å². The molecule has 0 N–H and O–H groups in total. The number of hydrogen-bond acceptors (Lipinski definition) is 0. The van der Waals surface area contributed by atoms with Gasteiger partial charge >= 0.3 is 0 Å². The molecule has 0 radical (unpaired) electrons. The minimum atomic E-state index is 0.499. The fourth-order valence-electron chi connectivity index (χ4n) is 5.50. The SMILES string of the molecule is CCC[C@@H]1CCC2C(CCC3C[C@H](Cl)CCC32)C1. The number of halogens is 1. The Morgan fingerprint density at radius 2 is 1.50 bits per heavy atom. The predicted octanol–water partition coefficient (Wildman–Crippen LogP) is 5.64. The first kappa shape index (κ1) is 13.3. The standard InChI is InChI=1S/C17H29Cl/c1-2-3-12-4-8-16-13(10-12)5-6-14-11-15(18)7-9-17(14)16/h12-17H,2-11H2,1H3/t12-,13?,14?,15-,16?,17?/m1/s1. The van der Waals surface area contributed by atoms with Crippen LogP contribution < -0.4 is 0 Å². The van der Waals surface area contributed by atoms with Crippen molar-refractivity contribution in [3.8, 4) is 0 Å². The van der Waals surface area contributed by atoms with Crippen LogP contribution in [-0.2, 0) is 0 Å². The van der Waals surface area contributed by atoms with Crippen LogP contribution in [0.1, 0.15) is 71.1 Å². The summed E-state index contributed by atoms with van der Waals surface area (Å²) in [5.74, 6) is 5.29. The van der Waals surface area contributed by atoms with Crippen molar-refractivity contribution in [2.45, 2.75) is 76.5 Å². The summed E-state index contributed by atoms with van der Waals surface area (Å²) in [6.45, 7) is 2.35. The van der Waals surface area contributed by atoms with Gasteiger partial charge in [-0.05, 0) is 74.5 Å². The van der Waals surface area contributed by atoms with E-state index in [-0.39, 0.29) is 0 Å². The molecule has 4 unspecified atom stereocenters. The van der Waals surface area contributed by atoms with Gasteiger partial charge in [0.25, 0.3) is 0 Å². The Hall–Kier alpha value is 0.290. The maximum Gasteiger partial charge on any atom is 0.0338 e. The first-order valence-corrected chi connectivity index (χ1v) is 8.85. The van der Waals surface area contributed by atoms with Gasteiger partial charge in [0.2, 0.25) is 0 Å². The fourth-order valence-corrected chi connectivity index (χ4v) is 5.86. The van der Waals surface area contributed by atoms with Gasteiger partial charge < -0.3 is 0 Å².